The van der Waals surface area contributed by atoms with Crippen LogP contribution in [0.25, 0.3) is 0 Å². The van der Waals surface area contributed by atoms with Crippen LogP contribution >= 0.6 is 0 Å². The van der Waals surface area contributed by atoms with Gasteiger partial charge < -0.3 is 10.6 Å². The highest BCUT2D eigenvalue weighted by Gasteiger charge is 2.44. The number of benzene rings is 1. The van der Waals surface area contributed by atoms with Crippen molar-refractivity contribution in [3.05, 3.63) is 35.4 Å². The van der Waals surface area contributed by atoms with E-state index in [0.29, 0.717) is 11.5 Å². The summed E-state index contributed by atoms with van der Waals surface area (Å²) < 4.78 is 0. The van der Waals surface area contributed by atoms with Crippen LogP contribution in [0.2, 0.25) is 0 Å². The van der Waals surface area contributed by atoms with Gasteiger partial charge in [0.2, 0.25) is 0 Å². The van der Waals surface area contributed by atoms with Gasteiger partial charge in [0.05, 0.1) is 0 Å². The molecule has 1 saturated carbocycles. The smallest absolute Gasteiger partial charge is 0.0317 e. The molecule has 16 heavy (non-hydrogen) atoms. The minimum atomic E-state index is 0.462. The molecule has 1 heterocycles. The lowest BCUT2D eigenvalue weighted by Crippen LogP contribution is -2.56. The van der Waals surface area contributed by atoms with Gasteiger partial charge in [-0.3, -0.25) is 0 Å². The van der Waals surface area contributed by atoms with Crippen LogP contribution in [0, 0.1) is 6.92 Å². The average Bonchev–Trinajstić information content (AvgIpc) is 2.98. The highest BCUT2D eigenvalue weighted by Crippen LogP contribution is 2.47. The normalized spacial score (nSPS) is 22.8. The molecule has 1 aliphatic carbocycles. The molecule has 0 spiro atoms. The Kier molecular flexibility index (Phi) is 2.49. The zero-order valence-electron chi connectivity index (χ0n) is 9.92. The van der Waals surface area contributed by atoms with Gasteiger partial charge in [0.15, 0.2) is 0 Å². The van der Waals surface area contributed by atoms with Crippen molar-refractivity contribution in [1.82, 2.24) is 10.6 Å². The van der Waals surface area contributed by atoms with Crippen LogP contribution in [0.1, 0.15) is 24.0 Å². The van der Waals surface area contributed by atoms with Crippen molar-refractivity contribution in [2.45, 2.75) is 31.2 Å². The van der Waals surface area contributed by atoms with E-state index in [1.165, 1.54) is 24.0 Å². The Morgan fingerprint density at radius 2 is 1.94 bits per heavy atom. The van der Waals surface area contributed by atoms with Gasteiger partial charge in [0, 0.05) is 31.1 Å². The molecule has 1 aromatic carbocycles. The second kappa shape index (κ2) is 3.86. The number of aryl methyl sites for hydroxylation is 1. The van der Waals surface area contributed by atoms with E-state index in [1.807, 2.05) is 0 Å². The molecule has 86 valence electrons. The fraction of sp³-hybridized carbons (Fsp3) is 0.571. The second-order valence-electron chi connectivity index (χ2n) is 5.38. The summed E-state index contributed by atoms with van der Waals surface area (Å²) in [4.78, 5) is 0. The van der Waals surface area contributed by atoms with E-state index in [1.54, 1.807) is 0 Å². The van der Waals surface area contributed by atoms with Gasteiger partial charge in [-0.25, -0.2) is 0 Å². The SMILES string of the molecule is Cc1ccc(C2(CNC3CNC3)CC2)cc1. The highest BCUT2D eigenvalue weighted by atomic mass is 15.1. The number of hydrogen-bond acceptors (Lipinski definition) is 2. The Labute approximate surface area is 97.4 Å². The fourth-order valence-corrected chi connectivity index (χ4v) is 2.40. The molecule has 2 fully saturated rings. The highest BCUT2D eigenvalue weighted by molar-refractivity contribution is 5.34. The molecule has 2 aliphatic rings. The second-order valence-corrected chi connectivity index (χ2v) is 5.38. The Hall–Kier alpha value is -0.860. The summed E-state index contributed by atoms with van der Waals surface area (Å²) in [6.45, 7) is 5.60. The molecule has 1 aliphatic heterocycles. The first-order valence-corrected chi connectivity index (χ1v) is 6.30. The van der Waals surface area contributed by atoms with Gasteiger partial charge in [-0.2, -0.15) is 0 Å². The van der Waals surface area contributed by atoms with Crippen LogP contribution in [-0.4, -0.2) is 25.7 Å². The maximum atomic E-state index is 3.67. The van der Waals surface area contributed by atoms with E-state index in [2.05, 4.69) is 41.8 Å². The van der Waals surface area contributed by atoms with Gasteiger partial charge in [0.1, 0.15) is 0 Å². The average molecular weight is 216 g/mol. The first-order valence-electron chi connectivity index (χ1n) is 6.30. The maximum Gasteiger partial charge on any atom is 0.0317 e. The van der Waals surface area contributed by atoms with Gasteiger partial charge in [-0.1, -0.05) is 29.8 Å². The number of rotatable bonds is 4. The third kappa shape index (κ3) is 1.87. The molecule has 0 radical (unpaired) electrons. The third-order valence-electron chi connectivity index (χ3n) is 4.03. The summed E-state index contributed by atoms with van der Waals surface area (Å²) in [5.74, 6) is 0. The zero-order valence-corrected chi connectivity index (χ0v) is 9.92. The van der Waals surface area contributed by atoms with E-state index in [9.17, 15) is 0 Å². The molecule has 0 aromatic heterocycles. The van der Waals surface area contributed by atoms with Gasteiger partial charge in [0.25, 0.3) is 0 Å². The van der Waals surface area contributed by atoms with Crippen LogP contribution in [0.5, 0.6) is 0 Å². The summed E-state index contributed by atoms with van der Waals surface area (Å²) in [5.41, 5.74) is 3.34. The lowest BCUT2D eigenvalue weighted by molar-refractivity contribution is 0.354. The number of nitrogens with one attached hydrogen (secondary N) is 2. The van der Waals surface area contributed by atoms with Crippen molar-refractivity contribution in [3.8, 4) is 0 Å². The topological polar surface area (TPSA) is 24.1 Å². The van der Waals surface area contributed by atoms with Crippen LogP contribution < -0.4 is 10.6 Å². The van der Waals surface area contributed by atoms with Crippen LogP contribution in [0.4, 0.5) is 0 Å². The molecule has 1 saturated heterocycles. The minimum absolute atomic E-state index is 0.462. The predicted octanol–water partition coefficient (Wildman–Crippen LogP) is 1.59. The molecule has 0 amide bonds. The van der Waals surface area contributed by atoms with Crippen molar-refractivity contribution in [1.29, 1.82) is 0 Å². The van der Waals surface area contributed by atoms with Crippen molar-refractivity contribution in [2.24, 2.45) is 0 Å². The summed E-state index contributed by atoms with van der Waals surface area (Å²) in [6, 6.07) is 9.80. The summed E-state index contributed by atoms with van der Waals surface area (Å²) in [6.07, 6.45) is 2.70. The molecular weight excluding hydrogens is 196 g/mol. The molecular formula is C14H20N2. The van der Waals surface area contributed by atoms with Crippen LogP contribution in [0.15, 0.2) is 24.3 Å². The largest absolute Gasteiger partial charge is 0.314 e. The first-order chi connectivity index (χ1) is 7.78. The van der Waals surface area contributed by atoms with Crippen molar-refractivity contribution in [3.63, 3.8) is 0 Å². The number of hydrogen-bond donors (Lipinski definition) is 2. The summed E-state index contributed by atoms with van der Waals surface area (Å²) >= 11 is 0. The molecule has 2 heteroatoms. The van der Waals surface area contributed by atoms with Crippen molar-refractivity contribution in [2.75, 3.05) is 19.6 Å². The molecule has 2 N–H and O–H groups in total. The van der Waals surface area contributed by atoms with Gasteiger partial charge in [-0.05, 0) is 25.3 Å². The Bertz CT molecular complexity index is 361. The quantitative estimate of drug-likeness (QED) is 0.798. The van der Waals surface area contributed by atoms with Gasteiger partial charge in [-0.15, -0.1) is 0 Å². The first kappa shape index (κ1) is 10.3. The molecule has 3 rings (SSSR count). The van der Waals surface area contributed by atoms with E-state index in [0.717, 1.165) is 19.6 Å². The van der Waals surface area contributed by atoms with Gasteiger partial charge >= 0.3 is 0 Å². The predicted molar refractivity (Wildman–Crippen MR) is 66.8 cm³/mol. The molecule has 1 aromatic rings. The Morgan fingerprint density at radius 1 is 1.25 bits per heavy atom. The minimum Gasteiger partial charge on any atom is -0.314 e. The standard InChI is InChI=1S/C14H20N2/c1-11-2-4-12(5-3-11)14(6-7-14)10-16-13-8-15-9-13/h2-5,13,15-16H,6-10H2,1H3. The van der Waals surface area contributed by atoms with Crippen molar-refractivity contribution >= 4 is 0 Å². The summed E-state index contributed by atoms with van der Waals surface area (Å²) in [7, 11) is 0. The Balaban J connectivity index is 1.65. The monoisotopic (exact) mass is 216 g/mol. The Morgan fingerprint density at radius 3 is 2.44 bits per heavy atom. The maximum absolute atomic E-state index is 3.67. The zero-order chi connectivity index (χ0) is 11.0. The molecule has 2 nitrogen and oxygen atoms in total. The van der Waals surface area contributed by atoms with Crippen LogP contribution in [-0.2, 0) is 5.41 Å². The summed E-state index contributed by atoms with van der Waals surface area (Å²) in [5, 5.41) is 6.98. The molecule has 0 atom stereocenters. The van der Waals surface area contributed by atoms with E-state index in [-0.39, 0.29) is 0 Å². The van der Waals surface area contributed by atoms with E-state index in [4.69, 9.17) is 0 Å². The van der Waals surface area contributed by atoms with Crippen LogP contribution in [0.3, 0.4) is 0 Å². The fourth-order valence-electron chi connectivity index (χ4n) is 2.40. The molecule has 0 bridgehead atoms. The lowest BCUT2D eigenvalue weighted by atomic mass is 9.94. The lowest BCUT2D eigenvalue weighted by Gasteiger charge is -2.30. The van der Waals surface area contributed by atoms with E-state index < -0.39 is 0 Å². The third-order valence-corrected chi connectivity index (χ3v) is 4.03. The van der Waals surface area contributed by atoms with Crippen molar-refractivity contribution < 1.29 is 0 Å². The molecule has 0 unspecified atom stereocenters. The van der Waals surface area contributed by atoms with E-state index >= 15 is 0 Å².